The lowest BCUT2D eigenvalue weighted by Crippen LogP contribution is -2.33. The average Bonchev–Trinajstić information content (AvgIpc) is 3.05. The van der Waals surface area contributed by atoms with Crippen LogP contribution in [0, 0.1) is 0 Å². The predicted molar refractivity (Wildman–Crippen MR) is 174 cm³/mol. The van der Waals surface area contributed by atoms with Gasteiger partial charge in [0.15, 0.2) is 6.10 Å². The summed E-state index contributed by atoms with van der Waals surface area (Å²) in [6.45, 7) is 4.82. The summed E-state index contributed by atoms with van der Waals surface area (Å²) in [5.41, 5.74) is 2.65. The van der Waals surface area contributed by atoms with Crippen molar-refractivity contribution in [2.24, 2.45) is 0 Å². The van der Waals surface area contributed by atoms with Crippen molar-refractivity contribution in [2.45, 2.75) is 110 Å². The first kappa shape index (κ1) is 36.7. The molecule has 0 aliphatic carbocycles. The van der Waals surface area contributed by atoms with Crippen molar-refractivity contribution in [1.82, 2.24) is 0 Å². The first-order chi connectivity index (χ1) is 22.1. The van der Waals surface area contributed by atoms with Crippen molar-refractivity contribution < 1.29 is 37.3 Å². The van der Waals surface area contributed by atoms with Gasteiger partial charge in [-0.05, 0) is 77.4 Å². The van der Waals surface area contributed by atoms with E-state index in [4.69, 9.17) is 9.47 Å². The third-order valence-electron chi connectivity index (χ3n) is 8.05. The van der Waals surface area contributed by atoms with Gasteiger partial charge in [0.1, 0.15) is 5.75 Å². The standard InChI is InChI=1S/C38H47F3O5/c1-3-5-7-9-10-11-12-14-26-45-32-23-20-28(21-24-32)33-25-22-31(36(42)43)27-34(33)29-16-18-30(19-17-29)37(44)46-35(38(39,40)41)15-13-8-6-4-2/h16-25,27,35H,3-15,26H2,1-2H3,(H,42,43)/p-1. The minimum atomic E-state index is -4.66. The smallest absolute Gasteiger partial charge is 0.425 e. The fraction of sp³-hybridized carbons (Fsp3) is 0.474. The summed E-state index contributed by atoms with van der Waals surface area (Å²) < 4.78 is 51.4. The topological polar surface area (TPSA) is 75.7 Å². The Morgan fingerprint density at radius 1 is 0.674 bits per heavy atom. The summed E-state index contributed by atoms with van der Waals surface area (Å²) in [7, 11) is 0. The molecule has 1 unspecified atom stereocenters. The Kier molecular flexibility index (Phi) is 15.1. The minimum absolute atomic E-state index is 0.0244. The SMILES string of the molecule is CCCCCCCCCCOc1ccc(-c2ccc(C(=O)[O-])cc2-c2ccc(C(=O)OC(CCCCCC)C(F)(F)F)cc2)cc1. The van der Waals surface area contributed by atoms with Crippen LogP contribution in [0.15, 0.2) is 66.7 Å². The summed E-state index contributed by atoms with van der Waals surface area (Å²) in [6, 6.07) is 18.1. The second-order valence-electron chi connectivity index (χ2n) is 11.8. The number of esters is 1. The molecule has 5 nitrogen and oxygen atoms in total. The Bertz CT molecular complexity index is 1350. The van der Waals surface area contributed by atoms with Crippen molar-refractivity contribution in [3.05, 3.63) is 77.9 Å². The van der Waals surface area contributed by atoms with Gasteiger partial charge in [-0.1, -0.05) is 114 Å². The number of unbranched alkanes of at least 4 members (excludes halogenated alkanes) is 10. The monoisotopic (exact) mass is 639 g/mol. The molecule has 0 spiro atoms. The molecule has 0 N–H and O–H groups in total. The van der Waals surface area contributed by atoms with E-state index in [1.54, 1.807) is 18.2 Å². The van der Waals surface area contributed by atoms with E-state index < -0.39 is 24.2 Å². The molecule has 8 heteroatoms. The molecule has 0 radical (unpaired) electrons. The molecule has 0 aliphatic heterocycles. The van der Waals surface area contributed by atoms with Crippen LogP contribution in [0.1, 0.15) is 118 Å². The van der Waals surface area contributed by atoms with Gasteiger partial charge >= 0.3 is 12.1 Å². The molecule has 3 aromatic carbocycles. The summed E-state index contributed by atoms with van der Waals surface area (Å²) in [6.07, 6.45) is 5.30. The number of alkyl halides is 3. The Morgan fingerprint density at radius 2 is 1.20 bits per heavy atom. The molecule has 0 bridgehead atoms. The number of carbonyl (C=O) groups excluding carboxylic acids is 2. The van der Waals surface area contributed by atoms with Gasteiger partial charge in [-0.25, -0.2) is 4.79 Å². The van der Waals surface area contributed by atoms with Crippen LogP contribution in [-0.2, 0) is 4.74 Å². The Labute approximate surface area is 271 Å². The Balaban J connectivity index is 1.69. The van der Waals surface area contributed by atoms with Crippen molar-refractivity contribution in [3.63, 3.8) is 0 Å². The summed E-state index contributed by atoms with van der Waals surface area (Å²) >= 11 is 0. The zero-order chi connectivity index (χ0) is 33.4. The third kappa shape index (κ3) is 11.8. The molecule has 0 heterocycles. The maximum absolute atomic E-state index is 13.5. The van der Waals surface area contributed by atoms with Gasteiger partial charge in [0, 0.05) is 0 Å². The van der Waals surface area contributed by atoms with Crippen molar-refractivity contribution >= 4 is 11.9 Å². The van der Waals surface area contributed by atoms with Crippen molar-refractivity contribution in [2.75, 3.05) is 6.61 Å². The molecule has 0 aliphatic rings. The van der Waals surface area contributed by atoms with Crippen LogP contribution in [0.3, 0.4) is 0 Å². The highest BCUT2D eigenvalue weighted by Gasteiger charge is 2.42. The lowest BCUT2D eigenvalue weighted by molar-refractivity contribution is -0.255. The van der Waals surface area contributed by atoms with E-state index in [0.717, 1.165) is 42.6 Å². The van der Waals surface area contributed by atoms with Gasteiger partial charge in [0.05, 0.1) is 18.1 Å². The number of benzene rings is 3. The van der Waals surface area contributed by atoms with Gasteiger partial charge in [0.2, 0.25) is 0 Å². The molecule has 1 atom stereocenters. The van der Waals surface area contributed by atoms with E-state index in [-0.39, 0.29) is 17.5 Å². The number of halogens is 3. The van der Waals surface area contributed by atoms with Gasteiger partial charge in [-0.3, -0.25) is 0 Å². The minimum Gasteiger partial charge on any atom is -0.545 e. The largest absolute Gasteiger partial charge is 0.545 e. The molecular weight excluding hydrogens is 593 g/mol. The van der Waals surface area contributed by atoms with E-state index in [9.17, 15) is 27.9 Å². The molecule has 3 rings (SSSR count). The van der Waals surface area contributed by atoms with Gasteiger partial charge in [-0.15, -0.1) is 0 Å². The third-order valence-corrected chi connectivity index (χ3v) is 8.05. The Morgan fingerprint density at radius 3 is 1.78 bits per heavy atom. The zero-order valence-corrected chi connectivity index (χ0v) is 27.0. The van der Waals surface area contributed by atoms with Gasteiger partial charge in [0.25, 0.3) is 0 Å². The highest BCUT2D eigenvalue weighted by Crippen LogP contribution is 2.35. The molecule has 0 saturated carbocycles. The number of hydrogen-bond donors (Lipinski definition) is 0. The molecule has 250 valence electrons. The molecule has 0 aromatic heterocycles. The summed E-state index contributed by atoms with van der Waals surface area (Å²) in [5.74, 6) is -1.66. The van der Waals surface area contributed by atoms with Gasteiger partial charge in [-0.2, -0.15) is 13.2 Å². The lowest BCUT2D eigenvalue weighted by Gasteiger charge is -2.21. The van der Waals surface area contributed by atoms with Crippen LogP contribution in [0.2, 0.25) is 0 Å². The number of rotatable bonds is 20. The molecular formula is C38H46F3O5-. The second kappa shape index (κ2) is 19.0. The van der Waals surface area contributed by atoms with Crippen LogP contribution in [0.25, 0.3) is 22.3 Å². The highest BCUT2D eigenvalue weighted by atomic mass is 19.4. The fourth-order valence-corrected chi connectivity index (χ4v) is 5.35. The van der Waals surface area contributed by atoms with E-state index in [1.807, 2.05) is 31.2 Å². The molecule has 0 saturated heterocycles. The van der Waals surface area contributed by atoms with E-state index >= 15 is 0 Å². The van der Waals surface area contributed by atoms with Crippen LogP contribution < -0.4 is 9.84 Å². The maximum Gasteiger partial charge on any atom is 0.425 e. The molecule has 0 fully saturated rings. The van der Waals surface area contributed by atoms with E-state index in [1.165, 1.54) is 62.8 Å². The second-order valence-corrected chi connectivity index (χ2v) is 11.8. The molecule has 0 amide bonds. The van der Waals surface area contributed by atoms with Crippen molar-refractivity contribution in [3.8, 4) is 28.0 Å². The fourth-order valence-electron chi connectivity index (χ4n) is 5.35. The molecule has 3 aromatic rings. The van der Waals surface area contributed by atoms with Crippen molar-refractivity contribution in [1.29, 1.82) is 0 Å². The number of aromatic carboxylic acids is 1. The first-order valence-corrected chi connectivity index (χ1v) is 16.6. The lowest BCUT2D eigenvalue weighted by atomic mass is 9.92. The Hall–Kier alpha value is -3.81. The predicted octanol–water partition coefficient (Wildman–Crippen LogP) is 9.96. The number of hydrogen-bond acceptors (Lipinski definition) is 5. The van der Waals surface area contributed by atoms with Crippen LogP contribution >= 0.6 is 0 Å². The van der Waals surface area contributed by atoms with Crippen LogP contribution in [0.4, 0.5) is 13.2 Å². The number of carbonyl (C=O) groups is 2. The quantitative estimate of drug-likeness (QED) is 0.0909. The zero-order valence-electron chi connectivity index (χ0n) is 27.0. The van der Waals surface area contributed by atoms with Crippen LogP contribution in [-0.4, -0.2) is 30.8 Å². The van der Waals surface area contributed by atoms with Crippen LogP contribution in [0.5, 0.6) is 5.75 Å². The maximum atomic E-state index is 13.5. The average molecular weight is 640 g/mol. The normalized spacial score (nSPS) is 12.1. The summed E-state index contributed by atoms with van der Waals surface area (Å²) in [4.78, 5) is 24.3. The van der Waals surface area contributed by atoms with Gasteiger partial charge < -0.3 is 19.4 Å². The van der Waals surface area contributed by atoms with E-state index in [2.05, 4.69) is 6.92 Å². The number of ether oxygens (including phenoxy) is 2. The number of carboxylic acids is 1. The number of carboxylic acid groups (broad SMARTS) is 1. The highest BCUT2D eigenvalue weighted by molar-refractivity contribution is 5.94. The summed E-state index contributed by atoms with van der Waals surface area (Å²) in [5, 5.41) is 11.7. The van der Waals surface area contributed by atoms with E-state index in [0.29, 0.717) is 30.6 Å². The molecule has 46 heavy (non-hydrogen) atoms. The first-order valence-electron chi connectivity index (χ1n) is 16.6.